The molecule has 0 aliphatic carbocycles. The van der Waals surface area contributed by atoms with Crippen molar-refractivity contribution in [3.63, 3.8) is 0 Å². The third-order valence-electron chi connectivity index (χ3n) is 5.26. The minimum Gasteiger partial charge on any atom is -0.508 e. The van der Waals surface area contributed by atoms with Gasteiger partial charge in [-0.2, -0.15) is 0 Å². The first-order valence-corrected chi connectivity index (χ1v) is 8.82. The van der Waals surface area contributed by atoms with Gasteiger partial charge in [-0.05, 0) is 45.0 Å². The Morgan fingerprint density at radius 1 is 1.20 bits per heavy atom. The lowest BCUT2D eigenvalue weighted by Crippen LogP contribution is -2.72. The van der Waals surface area contributed by atoms with Crippen LogP contribution in [0.3, 0.4) is 0 Å². The lowest BCUT2D eigenvalue weighted by molar-refractivity contribution is -0.0667. The highest BCUT2D eigenvalue weighted by molar-refractivity contribution is 5.94. The van der Waals surface area contributed by atoms with Gasteiger partial charge in [0.1, 0.15) is 5.75 Å². The van der Waals surface area contributed by atoms with Gasteiger partial charge >= 0.3 is 0 Å². The monoisotopic (exact) mass is 346 g/mol. The Morgan fingerprint density at radius 2 is 1.84 bits per heavy atom. The summed E-state index contributed by atoms with van der Waals surface area (Å²) in [6.45, 7) is 13.8. The number of nitrogens with zero attached hydrogens (tertiary/aromatic N) is 2. The van der Waals surface area contributed by atoms with Gasteiger partial charge in [0, 0.05) is 36.2 Å². The summed E-state index contributed by atoms with van der Waals surface area (Å²) in [5.41, 5.74) is 0.818. The number of amides is 1. The molecule has 0 atom stereocenters. The summed E-state index contributed by atoms with van der Waals surface area (Å²) in [5.74, 6) is 0.882. The first-order valence-electron chi connectivity index (χ1n) is 8.82. The molecule has 6 heteroatoms. The molecular formula is C19H30N4O2. The molecule has 3 N–H and O–H groups in total. The highest BCUT2D eigenvalue weighted by Gasteiger charge is 2.53. The fourth-order valence-electron chi connectivity index (χ4n) is 2.84. The third-order valence-corrected chi connectivity index (χ3v) is 5.26. The summed E-state index contributed by atoms with van der Waals surface area (Å²) in [6.07, 6.45) is 0. The summed E-state index contributed by atoms with van der Waals surface area (Å²) in [4.78, 5) is 19.0. The quantitative estimate of drug-likeness (QED) is 0.434. The molecule has 138 valence electrons. The van der Waals surface area contributed by atoms with E-state index in [0.29, 0.717) is 18.7 Å². The Labute approximate surface area is 150 Å². The maximum atomic E-state index is 12.0. The maximum absolute atomic E-state index is 12.0. The zero-order chi connectivity index (χ0) is 18.7. The van der Waals surface area contributed by atoms with E-state index in [4.69, 9.17) is 0 Å². The molecule has 1 aromatic rings. The number of hydrogen-bond acceptors (Lipinski definition) is 3. The molecule has 0 radical (unpaired) electrons. The molecule has 0 bridgehead atoms. The van der Waals surface area contributed by atoms with Crippen LogP contribution < -0.4 is 10.6 Å². The van der Waals surface area contributed by atoms with Gasteiger partial charge in [-0.25, -0.2) is 0 Å². The zero-order valence-corrected chi connectivity index (χ0v) is 15.9. The predicted molar refractivity (Wildman–Crippen MR) is 101 cm³/mol. The number of aliphatic imine (C=N–C) groups is 1. The van der Waals surface area contributed by atoms with Crippen LogP contribution in [0.2, 0.25) is 0 Å². The number of hydrogen-bond donors (Lipinski definition) is 3. The number of benzene rings is 1. The van der Waals surface area contributed by atoms with Crippen LogP contribution in [0.4, 0.5) is 0 Å². The van der Waals surface area contributed by atoms with E-state index in [9.17, 15) is 9.90 Å². The number of nitrogens with one attached hydrogen (secondary N) is 2. The lowest BCUT2D eigenvalue weighted by atomic mass is 9.65. The number of phenolic OH excluding ortho intramolecular Hbond substituents is 1. The van der Waals surface area contributed by atoms with E-state index in [1.54, 1.807) is 12.1 Å². The fourth-order valence-corrected chi connectivity index (χ4v) is 2.84. The molecule has 0 spiro atoms. The van der Waals surface area contributed by atoms with Gasteiger partial charge < -0.3 is 20.6 Å². The number of likely N-dealkylation sites (tertiary alicyclic amines) is 1. The summed E-state index contributed by atoms with van der Waals surface area (Å²) in [5, 5.41) is 15.5. The Kier molecular flexibility index (Phi) is 5.60. The van der Waals surface area contributed by atoms with Crippen LogP contribution in [0.1, 0.15) is 45.0 Å². The van der Waals surface area contributed by atoms with E-state index in [1.807, 2.05) is 0 Å². The molecule has 1 aromatic carbocycles. The summed E-state index contributed by atoms with van der Waals surface area (Å²) < 4.78 is 0. The van der Waals surface area contributed by atoms with Gasteiger partial charge in [-0.15, -0.1) is 0 Å². The maximum Gasteiger partial charge on any atom is 0.251 e. The minimum atomic E-state index is -0.161. The smallest absolute Gasteiger partial charge is 0.251 e. The number of carbonyl (C=O) groups excluding carboxylic acids is 1. The van der Waals surface area contributed by atoms with Gasteiger partial charge in [0.05, 0.1) is 6.54 Å². The number of rotatable bonds is 5. The average molecular weight is 346 g/mol. The normalized spacial score (nSPS) is 18.4. The zero-order valence-electron chi connectivity index (χ0n) is 15.9. The second-order valence-corrected chi connectivity index (χ2v) is 7.57. The van der Waals surface area contributed by atoms with Crippen LogP contribution in [0.25, 0.3) is 0 Å². The second-order valence-electron chi connectivity index (χ2n) is 7.57. The number of aromatic hydroxyl groups is 1. The first kappa shape index (κ1) is 19.1. The first-order chi connectivity index (χ1) is 11.7. The van der Waals surface area contributed by atoms with Crippen molar-refractivity contribution in [2.45, 2.75) is 40.2 Å². The topological polar surface area (TPSA) is 77.0 Å². The van der Waals surface area contributed by atoms with E-state index in [1.165, 1.54) is 12.1 Å². The largest absolute Gasteiger partial charge is 0.508 e. The lowest BCUT2D eigenvalue weighted by Gasteiger charge is -2.62. The van der Waals surface area contributed by atoms with Crippen molar-refractivity contribution in [2.75, 3.05) is 26.2 Å². The second kappa shape index (κ2) is 7.33. The molecule has 0 unspecified atom stereocenters. The third kappa shape index (κ3) is 4.06. The SMILES string of the molecule is CCNC(=NCCNC(=O)c1ccc(O)cc1)N1CC(C)(C)C1(C)C. The van der Waals surface area contributed by atoms with Gasteiger partial charge in [-0.1, -0.05) is 13.8 Å². The van der Waals surface area contributed by atoms with Gasteiger partial charge in [0.15, 0.2) is 5.96 Å². The summed E-state index contributed by atoms with van der Waals surface area (Å²) in [7, 11) is 0. The molecule has 0 saturated carbocycles. The van der Waals surface area contributed by atoms with Crippen LogP contribution >= 0.6 is 0 Å². The van der Waals surface area contributed by atoms with E-state index in [-0.39, 0.29) is 22.6 Å². The molecule has 1 heterocycles. The molecule has 0 aromatic heterocycles. The Morgan fingerprint density at radius 3 is 2.36 bits per heavy atom. The summed E-state index contributed by atoms with van der Waals surface area (Å²) >= 11 is 0. The molecule has 1 amide bonds. The number of guanidine groups is 1. The highest BCUT2D eigenvalue weighted by Crippen LogP contribution is 2.46. The fraction of sp³-hybridized carbons (Fsp3) is 0.579. The van der Waals surface area contributed by atoms with Crippen molar-refractivity contribution in [3.8, 4) is 5.75 Å². The van der Waals surface area contributed by atoms with Crippen LogP contribution in [-0.2, 0) is 0 Å². The molecule has 6 nitrogen and oxygen atoms in total. The van der Waals surface area contributed by atoms with Gasteiger partial charge in [-0.3, -0.25) is 9.79 Å². The Hall–Kier alpha value is -2.24. The van der Waals surface area contributed by atoms with Crippen molar-refractivity contribution < 1.29 is 9.90 Å². The van der Waals surface area contributed by atoms with Crippen molar-refractivity contribution in [1.82, 2.24) is 15.5 Å². The van der Waals surface area contributed by atoms with Crippen LogP contribution in [-0.4, -0.2) is 53.6 Å². The predicted octanol–water partition coefficient (Wildman–Crippen LogP) is 2.21. The molecular weight excluding hydrogens is 316 g/mol. The molecule has 1 fully saturated rings. The van der Waals surface area contributed by atoms with E-state index < -0.39 is 0 Å². The van der Waals surface area contributed by atoms with Crippen molar-refractivity contribution >= 4 is 11.9 Å². The minimum absolute atomic E-state index is 0.0449. The Balaban J connectivity index is 1.90. The standard InChI is InChI=1S/C19H30N4O2/c1-6-20-17(23-13-18(2,3)19(23,4)5)22-12-11-21-16(25)14-7-9-15(24)10-8-14/h7-10,24H,6,11-13H2,1-5H3,(H,20,22)(H,21,25). The van der Waals surface area contributed by atoms with Gasteiger partial charge in [0.25, 0.3) is 5.91 Å². The highest BCUT2D eigenvalue weighted by atomic mass is 16.3. The van der Waals surface area contributed by atoms with Crippen LogP contribution in [0, 0.1) is 5.41 Å². The van der Waals surface area contributed by atoms with Gasteiger partial charge in [0.2, 0.25) is 0 Å². The van der Waals surface area contributed by atoms with E-state index in [2.05, 4.69) is 55.1 Å². The number of phenols is 1. The molecule has 2 rings (SSSR count). The van der Waals surface area contributed by atoms with Crippen molar-refractivity contribution in [3.05, 3.63) is 29.8 Å². The molecule has 1 aliphatic heterocycles. The Bertz CT molecular complexity index is 635. The summed E-state index contributed by atoms with van der Waals surface area (Å²) in [6, 6.07) is 6.21. The van der Waals surface area contributed by atoms with E-state index in [0.717, 1.165) is 19.0 Å². The van der Waals surface area contributed by atoms with Crippen molar-refractivity contribution in [2.24, 2.45) is 10.4 Å². The van der Waals surface area contributed by atoms with E-state index >= 15 is 0 Å². The molecule has 25 heavy (non-hydrogen) atoms. The van der Waals surface area contributed by atoms with Crippen LogP contribution in [0.15, 0.2) is 29.3 Å². The molecule has 1 aliphatic rings. The average Bonchev–Trinajstić information content (AvgIpc) is 2.56. The van der Waals surface area contributed by atoms with Crippen LogP contribution in [0.5, 0.6) is 5.75 Å². The molecule has 1 saturated heterocycles. The number of carbonyl (C=O) groups is 1. The van der Waals surface area contributed by atoms with Crippen molar-refractivity contribution in [1.29, 1.82) is 0 Å².